The number of hydrogen-bond acceptors (Lipinski definition) is 7. The third-order valence-electron chi connectivity index (χ3n) is 2.56. The summed E-state index contributed by atoms with van der Waals surface area (Å²) in [6.45, 7) is 0.458. The molecule has 1 aliphatic rings. The number of halogens is 1. The van der Waals surface area contributed by atoms with Crippen molar-refractivity contribution in [1.82, 2.24) is 0 Å². The van der Waals surface area contributed by atoms with Gasteiger partial charge in [0.1, 0.15) is 40.7 Å². The van der Waals surface area contributed by atoms with Gasteiger partial charge in [-0.1, -0.05) is 0 Å². The topological polar surface area (TPSA) is 116 Å². The third-order valence-corrected chi connectivity index (χ3v) is 3.04. The fourth-order valence-electron chi connectivity index (χ4n) is 1.55. The van der Waals surface area contributed by atoms with Gasteiger partial charge in [0.2, 0.25) is 0 Å². The smallest absolute Gasteiger partial charge is 0.269 e. The first-order valence-electron chi connectivity index (χ1n) is 4.54. The van der Waals surface area contributed by atoms with Gasteiger partial charge in [-0.3, -0.25) is 8.62 Å². The average molecular weight is 301 g/mol. The summed E-state index contributed by atoms with van der Waals surface area (Å²) >= 11 is 2.53. The Bertz CT molecular complexity index is 271. The molecule has 0 bridgehead atoms. The number of carbonyl (C=O) groups is 1. The molecule has 0 aromatic heterocycles. The SMILES string of the molecule is CC(=O)[C@]1(OBr)O[C@H](CO)[C@@H](O)[C@H](O)[C@H]1O. The maximum Gasteiger partial charge on any atom is 0.269 e. The van der Waals surface area contributed by atoms with Crippen LogP contribution in [0.25, 0.3) is 0 Å². The first-order chi connectivity index (χ1) is 7.40. The van der Waals surface area contributed by atoms with Gasteiger partial charge in [0.05, 0.1) is 6.61 Å². The molecule has 1 fully saturated rings. The van der Waals surface area contributed by atoms with Crippen LogP contribution in [0.4, 0.5) is 0 Å². The fraction of sp³-hybridized carbons (Fsp3) is 0.875. The molecule has 0 aromatic carbocycles. The summed E-state index contributed by atoms with van der Waals surface area (Å²) in [5.41, 5.74) is 0. The summed E-state index contributed by atoms with van der Waals surface area (Å²) in [6, 6.07) is 0. The lowest BCUT2D eigenvalue weighted by Crippen LogP contribution is -2.67. The van der Waals surface area contributed by atoms with Crippen molar-refractivity contribution in [3.63, 3.8) is 0 Å². The molecule has 94 valence electrons. The predicted molar refractivity (Wildman–Crippen MR) is 53.4 cm³/mol. The van der Waals surface area contributed by atoms with E-state index in [1.165, 1.54) is 0 Å². The van der Waals surface area contributed by atoms with Crippen molar-refractivity contribution in [3.05, 3.63) is 0 Å². The van der Waals surface area contributed by atoms with Crippen molar-refractivity contribution in [2.45, 2.75) is 37.1 Å². The quantitative estimate of drug-likeness (QED) is 0.480. The zero-order valence-corrected chi connectivity index (χ0v) is 9.99. The van der Waals surface area contributed by atoms with Gasteiger partial charge in [-0.25, -0.2) is 0 Å². The number of ketones is 1. The van der Waals surface area contributed by atoms with Gasteiger partial charge in [0.25, 0.3) is 5.79 Å². The van der Waals surface area contributed by atoms with Crippen LogP contribution in [-0.4, -0.2) is 63.0 Å². The van der Waals surface area contributed by atoms with Crippen LogP contribution in [-0.2, 0) is 13.4 Å². The van der Waals surface area contributed by atoms with E-state index in [1.807, 2.05) is 0 Å². The average Bonchev–Trinajstić information content (AvgIpc) is 2.27. The number of hydrogen-bond donors (Lipinski definition) is 4. The molecule has 4 N–H and O–H groups in total. The van der Waals surface area contributed by atoms with Crippen molar-refractivity contribution in [2.75, 3.05) is 6.61 Å². The molecule has 1 aliphatic heterocycles. The minimum atomic E-state index is -2.13. The minimum Gasteiger partial charge on any atom is -0.394 e. The molecule has 1 saturated heterocycles. The van der Waals surface area contributed by atoms with E-state index in [4.69, 9.17) is 9.84 Å². The fourth-order valence-corrected chi connectivity index (χ4v) is 2.05. The van der Waals surface area contributed by atoms with Crippen molar-refractivity contribution >= 4 is 22.0 Å². The van der Waals surface area contributed by atoms with Gasteiger partial charge in [0, 0.05) is 6.92 Å². The third kappa shape index (κ3) is 2.02. The van der Waals surface area contributed by atoms with Crippen molar-refractivity contribution < 1.29 is 33.8 Å². The summed E-state index contributed by atoms with van der Waals surface area (Å²) in [4.78, 5) is 11.4. The zero-order chi connectivity index (χ0) is 12.5. The summed E-state index contributed by atoms with van der Waals surface area (Å²) in [6.07, 6.45) is -6.15. The molecular formula is C8H13BrO7. The molecule has 0 spiro atoms. The molecular weight excluding hydrogens is 288 g/mol. The Morgan fingerprint density at radius 1 is 1.44 bits per heavy atom. The molecule has 1 heterocycles. The first-order valence-corrected chi connectivity index (χ1v) is 5.19. The highest BCUT2D eigenvalue weighted by Gasteiger charge is 2.57. The lowest BCUT2D eigenvalue weighted by molar-refractivity contribution is -0.314. The zero-order valence-electron chi connectivity index (χ0n) is 8.41. The van der Waals surface area contributed by atoms with Gasteiger partial charge in [-0.05, 0) is 0 Å². The van der Waals surface area contributed by atoms with Gasteiger partial charge in [0.15, 0.2) is 5.78 Å². The lowest BCUT2D eigenvalue weighted by atomic mass is 9.90. The molecule has 7 nitrogen and oxygen atoms in total. The van der Waals surface area contributed by atoms with E-state index in [2.05, 4.69) is 20.1 Å². The highest BCUT2D eigenvalue weighted by molar-refractivity contribution is 9.06. The second-order valence-corrected chi connectivity index (χ2v) is 3.89. The molecule has 1 rings (SSSR count). The number of aliphatic hydroxyl groups is 4. The van der Waals surface area contributed by atoms with Crippen LogP contribution < -0.4 is 0 Å². The van der Waals surface area contributed by atoms with Gasteiger partial charge >= 0.3 is 0 Å². The van der Waals surface area contributed by atoms with E-state index in [0.29, 0.717) is 0 Å². The van der Waals surface area contributed by atoms with Crippen LogP contribution in [0.3, 0.4) is 0 Å². The number of carbonyl (C=O) groups excluding carboxylic acids is 1. The molecule has 0 aliphatic carbocycles. The summed E-state index contributed by atoms with van der Waals surface area (Å²) in [5, 5.41) is 37.5. The van der Waals surface area contributed by atoms with E-state index in [1.54, 1.807) is 0 Å². The van der Waals surface area contributed by atoms with E-state index in [-0.39, 0.29) is 0 Å². The van der Waals surface area contributed by atoms with Crippen LogP contribution >= 0.6 is 16.3 Å². The van der Waals surface area contributed by atoms with Gasteiger partial charge in [-0.15, -0.1) is 0 Å². The number of rotatable bonds is 3. The van der Waals surface area contributed by atoms with Crippen LogP contribution in [0.5, 0.6) is 0 Å². The minimum absolute atomic E-state index is 0.629. The summed E-state index contributed by atoms with van der Waals surface area (Å²) < 4.78 is 9.61. The molecule has 5 atom stereocenters. The Morgan fingerprint density at radius 2 is 2.00 bits per heavy atom. The standard InChI is InChI=1S/C8H13BrO7/c1-3(11)8(16-9)7(14)6(13)5(12)4(2-10)15-8/h4-7,10,12-14H,2H2,1H3/t4-,5-,6+,7-,8-/m1/s1. The predicted octanol–water partition coefficient (Wildman–Crippen LogP) is -1.93. The summed E-state index contributed by atoms with van der Waals surface area (Å²) in [5.74, 6) is -2.84. The van der Waals surface area contributed by atoms with Crippen LogP contribution in [0.2, 0.25) is 0 Å². The largest absolute Gasteiger partial charge is 0.394 e. The number of aliphatic hydroxyl groups excluding tert-OH is 4. The van der Waals surface area contributed by atoms with E-state index >= 15 is 0 Å². The van der Waals surface area contributed by atoms with Crippen molar-refractivity contribution in [2.24, 2.45) is 0 Å². The monoisotopic (exact) mass is 300 g/mol. The molecule has 8 heteroatoms. The lowest BCUT2D eigenvalue weighted by Gasteiger charge is -2.45. The Labute approximate surface area is 100 Å². The number of ether oxygens (including phenoxy) is 1. The molecule has 0 radical (unpaired) electrons. The number of Topliss-reactive ketones (excluding diaryl/α,β-unsaturated/α-hetero) is 1. The van der Waals surface area contributed by atoms with Crippen molar-refractivity contribution in [1.29, 1.82) is 0 Å². The first kappa shape index (κ1) is 14.0. The molecule has 0 saturated carbocycles. The highest BCUT2D eigenvalue weighted by atomic mass is 79.9. The Balaban J connectivity index is 3.06. The Kier molecular flexibility index (Phi) is 4.41. The van der Waals surface area contributed by atoms with Gasteiger partial charge < -0.3 is 25.2 Å². The molecule has 16 heavy (non-hydrogen) atoms. The van der Waals surface area contributed by atoms with Gasteiger partial charge in [-0.2, -0.15) is 0 Å². The highest BCUT2D eigenvalue weighted by Crippen LogP contribution is 2.33. The van der Waals surface area contributed by atoms with Crippen LogP contribution in [0.1, 0.15) is 6.92 Å². The maximum atomic E-state index is 11.4. The van der Waals surface area contributed by atoms with Crippen LogP contribution in [0, 0.1) is 0 Å². The van der Waals surface area contributed by atoms with E-state index in [0.717, 1.165) is 6.92 Å². The second kappa shape index (κ2) is 5.05. The second-order valence-electron chi connectivity index (χ2n) is 3.57. The van der Waals surface area contributed by atoms with E-state index < -0.39 is 42.6 Å². The Morgan fingerprint density at radius 3 is 2.38 bits per heavy atom. The molecule has 0 amide bonds. The molecule has 0 unspecified atom stereocenters. The maximum absolute atomic E-state index is 11.4. The normalized spacial score (nSPS) is 44.4. The Hall–Kier alpha value is -0.0900. The van der Waals surface area contributed by atoms with Crippen LogP contribution in [0.15, 0.2) is 0 Å². The summed E-state index contributed by atoms with van der Waals surface area (Å²) in [7, 11) is 0. The van der Waals surface area contributed by atoms with E-state index in [9.17, 15) is 20.1 Å². The molecule has 0 aromatic rings. The van der Waals surface area contributed by atoms with Crippen molar-refractivity contribution in [3.8, 4) is 0 Å².